The van der Waals surface area contributed by atoms with Gasteiger partial charge in [0.1, 0.15) is 5.76 Å². The molecule has 0 unspecified atom stereocenters. The lowest BCUT2D eigenvalue weighted by Gasteiger charge is -2.05. The summed E-state index contributed by atoms with van der Waals surface area (Å²) in [6.45, 7) is 4.55. The van der Waals surface area contributed by atoms with Crippen LogP contribution in [0.5, 0.6) is 5.88 Å². The number of nitrogens with one attached hydrogen (secondary N) is 1. The van der Waals surface area contributed by atoms with Gasteiger partial charge in [0.2, 0.25) is 5.88 Å². The third kappa shape index (κ3) is 2.32. The van der Waals surface area contributed by atoms with Crippen molar-refractivity contribution in [3.63, 3.8) is 0 Å². The number of aryl methyl sites for hydroxylation is 3. The molecule has 2 heterocycles. The summed E-state index contributed by atoms with van der Waals surface area (Å²) in [6.07, 6.45) is 0.867. The minimum absolute atomic E-state index is 0.617. The zero-order chi connectivity index (χ0) is 13.1. The first-order chi connectivity index (χ1) is 8.65. The molecule has 0 saturated carbocycles. The molecule has 0 bridgehead atoms. The second-order valence-electron chi connectivity index (χ2n) is 4.09. The second-order valence-corrected chi connectivity index (χ2v) is 4.09. The lowest BCUT2D eigenvalue weighted by atomic mass is 10.2. The molecule has 1 N–H and O–H groups in total. The third-order valence-corrected chi connectivity index (χ3v) is 2.77. The lowest BCUT2D eigenvalue weighted by Crippen LogP contribution is -2.03. The first-order valence-corrected chi connectivity index (χ1v) is 5.91. The van der Waals surface area contributed by atoms with Crippen LogP contribution in [0.2, 0.25) is 0 Å². The first-order valence-electron chi connectivity index (χ1n) is 5.91. The molecule has 0 aromatic carbocycles. The lowest BCUT2D eigenvalue weighted by molar-refractivity contribution is 0.369. The minimum atomic E-state index is 0.617. The van der Waals surface area contributed by atoms with Gasteiger partial charge >= 0.3 is 0 Å². The van der Waals surface area contributed by atoms with Gasteiger partial charge in [0.05, 0.1) is 18.4 Å². The quantitative estimate of drug-likeness (QED) is 0.878. The van der Waals surface area contributed by atoms with Crippen LogP contribution in [0.1, 0.15) is 23.9 Å². The van der Waals surface area contributed by atoms with Crippen molar-refractivity contribution in [3.05, 3.63) is 23.1 Å². The van der Waals surface area contributed by atoms with E-state index >= 15 is 0 Å². The van der Waals surface area contributed by atoms with Crippen molar-refractivity contribution in [2.24, 2.45) is 7.05 Å². The van der Waals surface area contributed by atoms with E-state index in [1.165, 1.54) is 0 Å². The topological polar surface area (TPSA) is 65.1 Å². The normalized spacial score (nSPS) is 10.7. The van der Waals surface area contributed by atoms with Crippen molar-refractivity contribution in [2.45, 2.75) is 26.8 Å². The highest BCUT2D eigenvalue weighted by molar-refractivity contribution is 5.39. The standard InChI is InChI=1S/C12H18N4O2/c1-5-10-9(12(17-4)16(3)14-10)7-13-11-6-8(2)18-15-11/h6H,5,7H2,1-4H3,(H,13,15). The Kier molecular flexibility index (Phi) is 3.55. The summed E-state index contributed by atoms with van der Waals surface area (Å²) in [5.41, 5.74) is 2.09. The highest BCUT2D eigenvalue weighted by Gasteiger charge is 2.15. The SMILES string of the molecule is CCc1nn(C)c(OC)c1CNc1cc(C)on1. The van der Waals surface area contributed by atoms with Gasteiger partial charge in [0.25, 0.3) is 0 Å². The number of hydrogen-bond acceptors (Lipinski definition) is 5. The van der Waals surface area contributed by atoms with Crippen LogP contribution in [-0.2, 0) is 20.0 Å². The molecule has 0 spiro atoms. The number of methoxy groups -OCH3 is 1. The van der Waals surface area contributed by atoms with Crippen LogP contribution in [0.25, 0.3) is 0 Å². The Hall–Kier alpha value is -1.98. The highest BCUT2D eigenvalue weighted by Crippen LogP contribution is 2.23. The Morgan fingerprint density at radius 3 is 2.83 bits per heavy atom. The summed E-state index contributed by atoms with van der Waals surface area (Å²) in [7, 11) is 3.53. The molecule has 98 valence electrons. The molecule has 0 aliphatic carbocycles. The minimum Gasteiger partial charge on any atom is -0.481 e. The van der Waals surface area contributed by atoms with Crippen LogP contribution < -0.4 is 10.1 Å². The van der Waals surface area contributed by atoms with Crippen molar-refractivity contribution in [3.8, 4) is 5.88 Å². The Bertz CT molecular complexity index is 530. The maximum Gasteiger partial charge on any atom is 0.216 e. The van der Waals surface area contributed by atoms with Gasteiger partial charge in [-0.25, -0.2) is 4.68 Å². The largest absolute Gasteiger partial charge is 0.481 e. The summed E-state index contributed by atoms with van der Waals surface area (Å²) in [6, 6.07) is 1.86. The molecule has 0 radical (unpaired) electrons. The van der Waals surface area contributed by atoms with Crippen LogP contribution in [0.4, 0.5) is 5.82 Å². The van der Waals surface area contributed by atoms with Crippen molar-refractivity contribution >= 4 is 5.82 Å². The van der Waals surface area contributed by atoms with Crippen molar-refractivity contribution < 1.29 is 9.26 Å². The van der Waals surface area contributed by atoms with E-state index in [2.05, 4.69) is 22.5 Å². The average molecular weight is 250 g/mol. The Labute approximate surface area is 106 Å². The number of rotatable bonds is 5. The summed E-state index contributed by atoms with van der Waals surface area (Å²) in [5, 5.41) is 11.5. The molecule has 6 nitrogen and oxygen atoms in total. The Balaban J connectivity index is 2.17. The monoisotopic (exact) mass is 250 g/mol. The maximum absolute atomic E-state index is 5.37. The predicted molar refractivity (Wildman–Crippen MR) is 67.7 cm³/mol. The molecular formula is C12H18N4O2. The van der Waals surface area contributed by atoms with Crippen molar-refractivity contribution in [1.82, 2.24) is 14.9 Å². The van der Waals surface area contributed by atoms with Crippen LogP contribution in [0, 0.1) is 6.92 Å². The summed E-state index contributed by atoms with van der Waals surface area (Å²) >= 11 is 0. The van der Waals surface area contributed by atoms with Gasteiger partial charge in [-0.3, -0.25) is 0 Å². The van der Waals surface area contributed by atoms with Gasteiger partial charge < -0.3 is 14.6 Å². The van der Waals surface area contributed by atoms with Gasteiger partial charge in [-0.2, -0.15) is 5.10 Å². The number of anilines is 1. The third-order valence-electron chi connectivity index (χ3n) is 2.77. The van der Waals surface area contributed by atoms with Crippen LogP contribution in [0.15, 0.2) is 10.6 Å². The highest BCUT2D eigenvalue weighted by atomic mass is 16.5. The van der Waals surface area contributed by atoms with Crippen LogP contribution in [-0.4, -0.2) is 22.0 Å². The number of aromatic nitrogens is 3. The molecule has 6 heteroatoms. The molecule has 18 heavy (non-hydrogen) atoms. The van der Waals surface area contributed by atoms with Gasteiger partial charge in [0.15, 0.2) is 5.82 Å². The van der Waals surface area contributed by atoms with E-state index in [1.807, 2.05) is 20.0 Å². The average Bonchev–Trinajstić information content (AvgIpc) is 2.90. The smallest absolute Gasteiger partial charge is 0.216 e. The molecular weight excluding hydrogens is 232 g/mol. The van der Waals surface area contributed by atoms with E-state index < -0.39 is 0 Å². The number of nitrogens with zero attached hydrogens (tertiary/aromatic N) is 3. The van der Waals surface area contributed by atoms with E-state index in [0.717, 1.165) is 35.1 Å². The summed E-state index contributed by atoms with van der Waals surface area (Å²) in [5.74, 6) is 2.28. The molecule has 0 fully saturated rings. The van der Waals surface area contributed by atoms with Crippen LogP contribution in [0.3, 0.4) is 0 Å². The van der Waals surface area contributed by atoms with Crippen LogP contribution >= 0.6 is 0 Å². The molecule has 2 aromatic rings. The second kappa shape index (κ2) is 5.12. The summed E-state index contributed by atoms with van der Waals surface area (Å²) < 4.78 is 12.1. The van der Waals surface area contributed by atoms with Crippen molar-refractivity contribution in [2.75, 3.05) is 12.4 Å². The summed E-state index contributed by atoms with van der Waals surface area (Å²) in [4.78, 5) is 0. The maximum atomic E-state index is 5.37. The molecule has 0 aliphatic rings. The Morgan fingerprint density at radius 1 is 1.50 bits per heavy atom. The molecule has 0 saturated heterocycles. The molecule has 0 aliphatic heterocycles. The van der Waals surface area contributed by atoms with E-state index in [1.54, 1.807) is 11.8 Å². The van der Waals surface area contributed by atoms with Gasteiger partial charge in [0, 0.05) is 19.7 Å². The van der Waals surface area contributed by atoms with Gasteiger partial charge in [-0.1, -0.05) is 12.1 Å². The Morgan fingerprint density at radius 2 is 2.28 bits per heavy atom. The fourth-order valence-corrected chi connectivity index (χ4v) is 1.95. The van der Waals surface area contributed by atoms with Gasteiger partial charge in [-0.15, -0.1) is 0 Å². The number of hydrogen-bond donors (Lipinski definition) is 1. The zero-order valence-corrected chi connectivity index (χ0v) is 11.1. The van der Waals surface area contributed by atoms with E-state index in [4.69, 9.17) is 9.26 Å². The van der Waals surface area contributed by atoms with Crippen molar-refractivity contribution in [1.29, 1.82) is 0 Å². The fraction of sp³-hybridized carbons (Fsp3) is 0.500. The molecule has 2 aromatic heterocycles. The van der Waals surface area contributed by atoms with E-state index in [0.29, 0.717) is 6.54 Å². The zero-order valence-electron chi connectivity index (χ0n) is 11.1. The van der Waals surface area contributed by atoms with E-state index in [-0.39, 0.29) is 0 Å². The molecule has 0 atom stereocenters. The van der Waals surface area contributed by atoms with Gasteiger partial charge in [-0.05, 0) is 13.3 Å². The first kappa shape index (κ1) is 12.5. The fourth-order valence-electron chi connectivity index (χ4n) is 1.95. The predicted octanol–water partition coefficient (Wildman–Crippen LogP) is 1.90. The molecule has 2 rings (SSSR count). The van der Waals surface area contributed by atoms with E-state index in [9.17, 15) is 0 Å². The number of ether oxygens (including phenoxy) is 1. The molecule has 0 amide bonds.